The van der Waals surface area contributed by atoms with Crippen LogP contribution in [0.2, 0.25) is 0 Å². The van der Waals surface area contributed by atoms with Gasteiger partial charge in [-0.15, -0.1) is 11.3 Å². The summed E-state index contributed by atoms with van der Waals surface area (Å²) in [6.07, 6.45) is 1.23. The topological polar surface area (TPSA) is 42.4 Å². The molecule has 1 atom stereocenters. The van der Waals surface area contributed by atoms with Gasteiger partial charge < -0.3 is 9.84 Å². The number of aryl methyl sites for hydroxylation is 1. The molecule has 3 nitrogen and oxygen atoms in total. The molecule has 1 heterocycles. The number of aliphatic hydroxyl groups is 1. The summed E-state index contributed by atoms with van der Waals surface area (Å²) in [6.45, 7) is 4.18. The Labute approximate surface area is 105 Å². The summed E-state index contributed by atoms with van der Waals surface area (Å²) in [5, 5.41) is 12.5. The smallest absolute Gasteiger partial charge is 0.140 e. The molecule has 90 valence electrons. The minimum absolute atomic E-state index is 0.445. The summed E-state index contributed by atoms with van der Waals surface area (Å²) in [5.41, 5.74) is 1.93. The number of aliphatic hydroxyl groups excluding tert-OH is 1. The summed E-state index contributed by atoms with van der Waals surface area (Å²) in [6, 6.07) is 5.82. The number of aromatic nitrogens is 1. The van der Waals surface area contributed by atoms with Crippen LogP contribution in [0.5, 0.6) is 5.75 Å². The summed E-state index contributed by atoms with van der Waals surface area (Å²) in [4.78, 5) is 4.15. The average Bonchev–Trinajstić information content (AvgIpc) is 2.80. The van der Waals surface area contributed by atoms with E-state index in [-0.39, 0.29) is 0 Å². The van der Waals surface area contributed by atoms with Crippen LogP contribution in [-0.2, 0) is 6.61 Å². The lowest BCUT2D eigenvalue weighted by Gasteiger charge is -2.13. The first kappa shape index (κ1) is 12.1. The molecule has 0 aliphatic rings. The van der Waals surface area contributed by atoms with Gasteiger partial charge in [0.2, 0.25) is 0 Å². The van der Waals surface area contributed by atoms with Crippen LogP contribution < -0.4 is 4.74 Å². The highest BCUT2D eigenvalue weighted by Crippen LogP contribution is 2.27. The fourth-order valence-corrected chi connectivity index (χ4v) is 2.12. The maximum absolute atomic E-state index is 9.69. The van der Waals surface area contributed by atoms with Gasteiger partial charge in [0.15, 0.2) is 0 Å². The Hall–Kier alpha value is -1.39. The van der Waals surface area contributed by atoms with Crippen LogP contribution in [-0.4, -0.2) is 10.1 Å². The van der Waals surface area contributed by atoms with Gasteiger partial charge in [-0.05, 0) is 26.0 Å². The van der Waals surface area contributed by atoms with Gasteiger partial charge in [0.1, 0.15) is 17.4 Å². The number of ether oxygens (including phenoxy) is 1. The van der Waals surface area contributed by atoms with Gasteiger partial charge in [-0.2, -0.15) is 0 Å². The molecule has 4 heteroatoms. The first-order valence-electron chi connectivity index (χ1n) is 5.46. The third-order valence-corrected chi connectivity index (χ3v) is 3.20. The molecule has 0 aliphatic heterocycles. The molecule has 17 heavy (non-hydrogen) atoms. The normalized spacial score (nSPS) is 12.4. The molecule has 2 aromatic rings. The molecule has 0 saturated heterocycles. The van der Waals surface area contributed by atoms with Gasteiger partial charge in [0.25, 0.3) is 0 Å². The molecule has 0 amide bonds. The van der Waals surface area contributed by atoms with Crippen LogP contribution in [0.25, 0.3) is 0 Å². The van der Waals surface area contributed by atoms with E-state index < -0.39 is 6.10 Å². The highest BCUT2D eigenvalue weighted by molar-refractivity contribution is 7.09. The lowest BCUT2D eigenvalue weighted by atomic mass is 10.1. The van der Waals surface area contributed by atoms with Crippen molar-refractivity contribution >= 4 is 11.3 Å². The Morgan fingerprint density at radius 2 is 2.29 bits per heavy atom. The van der Waals surface area contributed by atoms with Crippen molar-refractivity contribution in [3.63, 3.8) is 0 Å². The SMILES string of the molecule is Cc1ccc(OCc2nccs2)c([C@H](C)O)c1. The number of thiazole rings is 1. The van der Waals surface area contributed by atoms with E-state index in [4.69, 9.17) is 4.74 Å². The van der Waals surface area contributed by atoms with Gasteiger partial charge in [0.05, 0.1) is 6.10 Å². The van der Waals surface area contributed by atoms with E-state index >= 15 is 0 Å². The molecule has 2 rings (SSSR count). The van der Waals surface area contributed by atoms with Gasteiger partial charge >= 0.3 is 0 Å². The summed E-state index contributed by atoms with van der Waals surface area (Å²) >= 11 is 1.56. The first-order chi connectivity index (χ1) is 8.16. The molecular formula is C13H15NO2S. The van der Waals surface area contributed by atoms with Gasteiger partial charge in [-0.1, -0.05) is 11.6 Å². The Kier molecular flexibility index (Phi) is 3.76. The number of nitrogens with zero attached hydrogens (tertiary/aromatic N) is 1. The summed E-state index contributed by atoms with van der Waals surface area (Å²) in [5.74, 6) is 0.723. The number of hydrogen-bond donors (Lipinski definition) is 1. The van der Waals surface area contributed by atoms with Crippen molar-refractivity contribution in [1.29, 1.82) is 0 Å². The van der Waals surface area contributed by atoms with E-state index in [1.807, 2.05) is 30.5 Å². The second-order valence-corrected chi connectivity index (χ2v) is 4.91. The number of benzene rings is 1. The Bertz CT molecular complexity index is 480. The van der Waals surface area contributed by atoms with Gasteiger partial charge in [-0.3, -0.25) is 0 Å². The van der Waals surface area contributed by atoms with E-state index in [0.717, 1.165) is 21.9 Å². The van der Waals surface area contributed by atoms with Crippen molar-refractivity contribution in [2.75, 3.05) is 0 Å². The second kappa shape index (κ2) is 5.29. The highest BCUT2D eigenvalue weighted by Gasteiger charge is 2.10. The summed E-state index contributed by atoms with van der Waals surface area (Å²) < 4.78 is 5.69. The molecule has 0 aliphatic carbocycles. The molecule has 0 bridgehead atoms. The van der Waals surface area contributed by atoms with Crippen LogP contribution in [0.15, 0.2) is 29.8 Å². The Morgan fingerprint density at radius 3 is 2.94 bits per heavy atom. The van der Waals surface area contributed by atoms with Crippen molar-refractivity contribution < 1.29 is 9.84 Å². The fraction of sp³-hybridized carbons (Fsp3) is 0.308. The quantitative estimate of drug-likeness (QED) is 0.905. The minimum Gasteiger partial charge on any atom is -0.486 e. The van der Waals surface area contributed by atoms with E-state index in [1.165, 1.54) is 0 Å². The zero-order valence-electron chi connectivity index (χ0n) is 9.88. The zero-order valence-corrected chi connectivity index (χ0v) is 10.7. The molecular weight excluding hydrogens is 234 g/mol. The molecule has 0 radical (unpaired) electrons. The van der Waals surface area contributed by atoms with Crippen molar-refractivity contribution in [1.82, 2.24) is 4.98 Å². The van der Waals surface area contributed by atoms with E-state index in [1.54, 1.807) is 24.5 Å². The standard InChI is InChI=1S/C13H15NO2S/c1-9-3-4-12(11(7-9)10(2)15)16-8-13-14-5-6-17-13/h3-7,10,15H,8H2,1-2H3/t10-/m0/s1. The predicted molar refractivity (Wildman–Crippen MR) is 68.3 cm³/mol. The minimum atomic E-state index is -0.527. The lowest BCUT2D eigenvalue weighted by Crippen LogP contribution is -2.01. The Balaban J connectivity index is 2.14. The van der Waals surface area contributed by atoms with Crippen LogP contribution in [0.4, 0.5) is 0 Å². The molecule has 0 unspecified atom stereocenters. The molecule has 1 N–H and O–H groups in total. The van der Waals surface area contributed by atoms with Crippen molar-refractivity contribution in [2.24, 2.45) is 0 Å². The third-order valence-electron chi connectivity index (χ3n) is 2.45. The number of hydrogen-bond acceptors (Lipinski definition) is 4. The third kappa shape index (κ3) is 3.05. The van der Waals surface area contributed by atoms with Gasteiger partial charge in [0, 0.05) is 17.1 Å². The van der Waals surface area contributed by atoms with E-state index in [0.29, 0.717) is 6.61 Å². The highest BCUT2D eigenvalue weighted by atomic mass is 32.1. The molecule has 1 aromatic heterocycles. The summed E-state index contributed by atoms with van der Waals surface area (Å²) in [7, 11) is 0. The Morgan fingerprint density at radius 1 is 1.47 bits per heavy atom. The first-order valence-corrected chi connectivity index (χ1v) is 6.34. The van der Waals surface area contributed by atoms with E-state index in [2.05, 4.69) is 4.98 Å². The van der Waals surface area contributed by atoms with Crippen molar-refractivity contribution in [3.05, 3.63) is 45.9 Å². The molecule has 0 fully saturated rings. The number of rotatable bonds is 4. The second-order valence-electron chi connectivity index (χ2n) is 3.93. The van der Waals surface area contributed by atoms with E-state index in [9.17, 15) is 5.11 Å². The predicted octanol–water partition coefficient (Wildman–Crippen LogP) is 3.08. The molecule has 0 spiro atoms. The fourth-order valence-electron chi connectivity index (χ4n) is 1.59. The molecule has 0 saturated carbocycles. The van der Waals surface area contributed by atoms with Crippen molar-refractivity contribution in [3.8, 4) is 5.75 Å². The molecule has 1 aromatic carbocycles. The van der Waals surface area contributed by atoms with Crippen LogP contribution in [0.1, 0.15) is 29.2 Å². The van der Waals surface area contributed by atoms with Crippen LogP contribution >= 0.6 is 11.3 Å². The lowest BCUT2D eigenvalue weighted by molar-refractivity contribution is 0.190. The maximum Gasteiger partial charge on any atom is 0.140 e. The van der Waals surface area contributed by atoms with Crippen LogP contribution in [0.3, 0.4) is 0 Å². The monoisotopic (exact) mass is 249 g/mol. The van der Waals surface area contributed by atoms with Gasteiger partial charge in [-0.25, -0.2) is 4.98 Å². The zero-order chi connectivity index (χ0) is 12.3. The van der Waals surface area contributed by atoms with Crippen LogP contribution in [0, 0.1) is 6.92 Å². The average molecular weight is 249 g/mol. The largest absolute Gasteiger partial charge is 0.486 e. The van der Waals surface area contributed by atoms with Crippen molar-refractivity contribution in [2.45, 2.75) is 26.6 Å². The maximum atomic E-state index is 9.69.